The van der Waals surface area contributed by atoms with Crippen LogP contribution in [0.15, 0.2) is 53.9 Å². The smallest absolute Gasteiger partial charge is 0.262 e. The molecule has 0 fully saturated rings. The topological polar surface area (TPSA) is 60.5 Å². The summed E-state index contributed by atoms with van der Waals surface area (Å²) >= 11 is 1.61. The number of hydrogen-bond donors (Lipinski definition) is 1. The summed E-state index contributed by atoms with van der Waals surface area (Å²) in [5.41, 5.74) is 2.68. The van der Waals surface area contributed by atoms with Crippen molar-refractivity contribution in [2.24, 2.45) is 0 Å². The molecule has 0 aliphatic rings. The molecule has 1 heterocycles. The summed E-state index contributed by atoms with van der Waals surface area (Å²) in [6.07, 6.45) is 0. The number of thiazole rings is 1. The van der Waals surface area contributed by atoms with Gasteiger partial charge in [0.25, 0.3) is 5.91 Å². The highest BCUT2D eigenvalue weighted by Crippen LogP contribution is 2.26. The molecule has 1 aromatic heterocycles. The second-order valence-corrected chi connectivity index (χ2v) is 6.38. The summed E-state index contributed by atoms with van der Waals surface area (Å²) in [6, 6.07) is 14.8. The van der Waals surface area contributed by atoms with Crippen molar-refractivity contribution in [2.45, 2.75) is 6.92 Å². The Morgan fingerprint density at radius 3 is 2.48 bits per heavy atom. The Bertz CT molecular complexity index is 859. The Balaban J connectivity index is 1.57. The lowest BCUT2D eigenvalue weighted by molar-refractivity contribution is -0.118. The number of carbonyl (C=O) groups excluding carboxylic acids is 1. The van der Waals surface area contributed by atoms with Gasteiger partial charge in [0.1, 0.15) is 0 Å². The maximum Gasteiger partial charge on any atom is 0.262 e. The van der Waals surface area contributed by atoms with E-state index in [1.165, 1.54) is 0 Å². The second kappa shape index (κ2) is 7.81. The first-order chi connectivity index (χ1) is 12.2. The number of rotatable bonds is 6. The standard InChI is InChI=1S/C19H18N2O3S/c1-13-20-16(12-25-13)14-7-9-15(10-8-14)21-19(22)11-24-18-6-4-3-5-17(18)23-2/h3-10,12H,11H2,1-2H3,(H,21,22). The van der Waals surface area contributed by atoms with Crippen molar-refractivity contribution in [1.82, 2.24) is 4.98 Å². The number of carbonyl (C=O) groups is 1. The number of amides is 1. The molecule has 6 heteroatoms. The summed E-state index contributed by atoms with van der Waals surface area (Å²) in [5, 5.41) is 5.86. The molecule has 1 N–H and O–H groups in total. The van der Waals surface area contributed by atoms with E-state index in [1.807, 2.05) is 48.7 Å². The van der Waals surface area contributed by atoms with Gasteiger partial charge >= 0.3 is 0 Å². The molecule has 0 spiro atoms. The van der Waals surface area contributed by atoms with Crippen LogP contribution in [0.25, 0.3) is 11.3 Å². The number of anilines is 1. The highest BCUT2D eigenvalue weighted by Gasteiger charge is 2.08. The molecule has 3 rings (SSSR count). The third-order valence-electron chi connectivity index (χ3n) is 3.51. The lowest BCUT2D eigenvalue weighted by atomic mass is 10.1. The van der Waals surface area contributed by atoms with Crippen molar-refractivity contribution in [3.8, 4) is 22.8 Å². The number of methoxy groups -OCH3 is 1. The zero-order valence-corrected chi connectivity index (χ0v) is 14.8. The molecule has 0 aliphatic heterocycles. The van der Waals surface area contributed by atoms with Gasteiger partial charge in [-0.25, -0.2) is 4.98 Å². The largest absolute Gasteiger partial charge is 0.493 e. The molecule has 128 valence electrons. The van der Waals surface area contributed by atoms with Gasteiger partial charge in [0, 0.05) is 16.6 Å². The first kappa shape index (κ1) is 17.0. The number of aromatic nitrogens is 1. The van der Waals surface area contributed by atoms with Gasteiger partial charge in [0.15, 0.2) is 18.1 Å². The van der Waals surface area contributed by atoms with Crippen molar-refractivity contribution in [3.63, 3.8) is 0 Å². The fourth-order valence-corrected chi connectivity index (χ4v) is 2.92. The van der Waals surface area contributed by atoms with Crippen LogP contribution < -0.4 is 14.8 Å². The summed E-state index contributed by atoms with van der Waals surface area (Å²) in [5.74, 6) is 0.899. The Labute approximate surface area is 150 Å². The van der Waals surface area contributed by atoms with Crippen molar-refractivity contribution in [2.75, 3.05) is 19.0 Å². The summed E-state index contributed by atoms with van der Waals surface area (Å²) in [6.45, 7) is 1.89. The molecular formula is C19H18N2O3S. The van der Waals surface area contributed by atoms with E-state index in [-0.39, 0.29) is 12.5 Å². The molecule has 0 saturated carbocycles. The minimum Gasteiger partial charge on any atom is -0.493 e. The predicted octanol–water partition coefficient (Wildman–Crippen LogP) is 4.14. The third-order valence-corrected chi connectivity index (χ3v) is 4.28. The van der Waals surface area contributed by atoms with Gasteiger partial charge in [-0.15, -0.1) is 11.3 Å². The van der Waals surface area contributed by atoms with E-state index in [0.717, 1.165) is 16.3 Å². The van der Waals surface area contributed by atoms with Crippen LogP contribution in [0.2, 0.25) is 0 Å². The fourth-order valence-electron chi connectivity index (χ4n) is 2.30. The zero-order chi connectivity index (χ0) is 17.6. The molecule has 5 nitrogen and oxygen atoms in total. The van der Waals surface area contributed by atoms with Crippen LogP contribution in [0.5, 0.6) is 11.5 Å². The average Bonchev–Trinajstić information content (AvgIpc) is 3.07. The highest BCUT2D eigenvalue weighted by molar-refractivity contribution is 7.09. The third kappa shape index (κ3) is 4.36. The first-order valence-corrected chi connectivity index (χ1v) is 8.62. The molecule has 3 aromatic rings. The number of hydrogen-bond acceptors (Lipinski definition) is 5. The normalized spacial score (nSPS) is 10.3. The molecule has 0 aliphatic carbocycles. The minimum absolute atomic E-state index is 0.0899. The molecule has 2 aromatic carbocycles. The van der Waals surface area contributed by atoms with Crippen LogP contribution in [0.4, 0.5) is 5.69 Å². The highest BCUT2D eigenvalue weighted by atomic mass is 32.1. The van der Waals surface area contributed by atoms with Crippen molar-refractivity contribution in [1.29, 1.82) is 0 Å². The molecule has 25 heavy (non-hydrogen) atoms. The number of nitrogens with zero attached hydrogens (tertiary/aromatic N) is 1. The molecular weight excluding hydrogens is 336 g/mol. The van der Waals surface area contributed by atoms with E-state index in [9.17, 15) is 4.79 Å². The van der Waals surface area contributed by atoms with Crippen molar-refractivity contribution >= 4 is 22.9 Å². The number of benzene rings is 2. The Hall–Kier alpha value is -2.86. The molecule has 0 atom stereocenters. The molecule has 0 bridgehead atoms. The number of nitrogens with one attached hydrogen (secondary N) is 1. The zero-order valence-electron chi connectivity index (χ0n) is 14.0. The van der Waals surface area contributed by atoms with Crippen LogP contribution in [0.3, 0.4) is 0 Å². The number of aryl methyl sites for hydroxylation is 1. The van der Waals surface area contributed by atoms with Crippen LogP contribution in [0, 0.1) is 6.92 Å². The Morgan fingerprint density at radius 1 is 1.12 bits per heavy atom. The Kier molecular flexibility index (Phi) is 5.30. The van der Waals surface area contributed by atoms with Gasteiger partial charge in [0.2, 0.25) is 0 Å². The van der Waals surface area contributed by atoms with E-state index >= 15 is 0 Å². The van der Waals surface area contributed by atoms with E-state index in [4.69, 9.17) is 9.47 Å². The second-order valence-electron chi connectivity index (χ2n) is 5.32. The minimum atomic E-state index is -0.233. The van der Waals surface area contributed by atoms with Crippen molar-refractivity contribution < 1.29 is 14.3 Å². The first-order valence-electron chi connectivity index (χ1n) is 7.74. The lowest BCUT2D eigenvalue weighted by Crippen LogP contribution is -2.20. The Morgan fingerprint density at radius 2 is 1.84 bits per heavy atom. The molecule has 0 unspecified atom stereocenters. The lowest BCUT2D eigenvalue weighted by Gasteiger charge is -2.10. The summed E-state index contributed by atoms with van der Waals surface area (Å²) in [4.78, 5) is 16.5. The molecule has 0 radical (unpaired) electrons. The van der Waals surface area contributed by atoms with E-state index in [2.05, 4.69) is 10.3 Å². The van der Waals surface area contributed by atoms with E-state index < -0.39 is 0 Å². The van der Waals surface area contributed by atoms with Crippen molar-refractivity contribution in [3.05, 3.63) is 58.9 Å². The average molecular weight is 354 g/mol. The van der Waals surface area contributed by atoms with Crippen LogP contribution in [-0.4, -0.2) is 24.6 Å². The number of para-hydroxylation sites is 2. The maximum atomic E-state index is 12.1. The van der Waals surface area contributed by atoms with Crippen LogP contribution in [-0.2, 0) is 4.79 Å². The quantitative estimate of drug-likeness (QED) is 0.722. The van der Waals surface area contributed by atoms with Gasteiger partial charge in [-0.05, 0) is 31.2 Å². The van der Waals surface area contributed by atoms with E-state index in [1.54, 1.807) is 30.6 Å². The van der Waals surface area contributed by atoms with Gasteiger partial charge in [0.05, 0.1) is 17.8 Å². The molecule has 1 amide bonds. The van der Waals surface area contributed by atoms with Crippen LogP contribution in [0.1, 0.15) is 5.01 Å². The predicted molar refractivity (Wildman–Crippen MR) is 99.4 cm³/mol. The van der Waals surface area contributed by atoms with E-state index in [0.29, 0.717) is 17.2 Å². The maximum absolute atomic E-state index is 12.1. The monoisotopic (exact) mass is 354 g/mol. The fraction of sp³-hybridized carbons (Fsp3) is 0.158. The number of ether oxygens (including phenoxy) is 2. The van der Waals surface area contributed by atoms with Gasteiger partial charge in [-0.3, -0.25) is 4.79 Å². The SMILES string of the molecule is COc1ccccc1OCC(=O)Nc1ccc(-c2csc(C)n2)cc1. The summed E-state index contributed by atoms with van der Waals surface area (Å²) in [7, 11) is 1.56. The summed E-state index contributed by atoms with van der Waals surface area (Å²) < 4.78 is 10.7. The van der Waals surface area contributed by atoms with Crippen LogP contribution >= 0.6 is 11.3 Å². The van der Waals surface area contributed by atoms with Gasteiger partial charge < -0.3 is 14.8 Å². The van der Waals surface area contributed by atoms with Gasteiger partial charge in [-0.2, -0.15) is 0 Å². The van der Waals surface area contributed by atoms with Gasteiger partial charge in [-0.1, -0.05) is 24.3 Å². The molecule has 0 saturated heterocycles.